The van der Waals surface area contributed by atoms with Gasteiger partial charge in [0.15, 0.2) is 0 Å². The Labute approximate surface area is 157 Å². The van der Waals surface area contributed by atoms with Gasteiger partial charge in [0.1, 0.15) is 5.76 Å². The highest BCUT2D eigenvalue weighted by Gasteiger charge is 2.29. The number of piperazine rings is 1. The van der Waals surface area contributed by atoms with E-state index in [4.69, 9.17) is 10.2 Å². The lowest BCUT2D eigenvalue weighted by Gasteiger charge is -2.41. The Hall–Kier alpha value is -2.84. The molecule has 144 valence electrons. The molecule has 1 fully saturated rings. The van der Waals surface area contributed by atoms with Crippen molar-refractivity contribution in [3.05, 3.63) is 54.0 Å². The molecule has 1 aliphatic rings. The van der Waals surface area contributed by atoms with Crippen LogP contribution in [0.1, 0.15) is 22.5 Å². The first kappa shape index (κ1) is 18.9. The second-order valence-electron chi connectivity index (χ2n) is 6.54. The number of carbonyl (C=O) groups excluding carboxylic acids is 2. The number of urea groups is 1. The number of nitrogens with one attached hydrogen (secondary N) is 1. The molecule has 1 aromatic heterocycles. The molecule has 8 heteroatoms. The van der Waals surface area contributed by atoms with E-state index in [1.807, 2.05) is 12.1 Å². The first-order valence-corrected chi connectivity index (χ1v) is 8.90. The normalized spacial score (nSPS) is 17.7. The molecule has 1 aromatic carbocycles. The van der Waals surface area contributed by atoms with Crippen LogP contribution < -0.4 is 11.1 Å². The predicted molar refractivity (Wildman–Crippen MR) is 100 cm³/mol. The Bertz CT molecular complexity index is 778. The second-order valence-corrected chi connectivity index (χ2v) is 6.54. The Morgan fingerprint density at radius 3 is 2.81 bits per heavy atom. The quantitative estimate of drug-likeness (QED) is 0.711. The van der Waals surface area contributed by atoms with Crippen LogP contribution in [0.3, 0.4) is 0 Å². The number of furan rings is 1. The zero-order valence-electron chi connectivity index (χ0n) is 15.0. The maximum absolute atomic E-state index is 12.6. The number of amides is 3. The van der Waals surface area contributed by atoms with Gasteiger partial charge in [-0.1, -0.05) is 6.07 Å². The first-order valence-electron chi connectivity index (χ1n) is 8.90. The van der Waals surface area contributed by atoms with Crippen LogP contribution >= 0.6 is 0 Å². The van der Waals surface area contributed by atoms with Gasteiger partial charge in [-0.3, -0.25) is 9.69 Å². The zero-order valence-corrected chi connectivity index (χ0v) is 15.0. The molecule has 3 rings (SSSR count). The average Bonchev–Trinajstić information content (AvgIpc) is 3.16. The van der Waals surface area contributed by atoms with Crippen molar-refractivity contribution in [1.29, 1.82) is 0 Å². The summed E-state index contributed by atoms with van der Waals surface area (Å²) in [6.07, 6.45) is 2.21. The molecular formula is C19H24N4O4. The van der Waals surface area contributed by atoms with Crippen LogP contribution in [0, 0.1) is 0 Å². The van der Waals surface area contributed by atoms with Crippen molar-refractivity contribution in [3.63, 3.8) is 0 Å². The van der Waals surface area contributed by atoms with Crippen LogP contribution in [0.15, 0.2) is 47.1 Å². The Kier molecular flexibility index (Phi) is 6.10. The van der Waals surface area contributed by atoms with Crippen LogP contribution in [-0.2, 0) is 6.54 Å². The minimum Gasteiger partial charge on any atom is -0.468 e. The fourth-order valence-corrected chi connectivity index (χ4v) is 3.26. The Morgan fingerprint density at radius 1 is 1.26 bits per heavy atom. The highest BCUT2D eigenvalue weighted by atomic mass is 16.3. The van der Waals surface area contributed by atoms with E-state index in [-0.39, 0.29) is 18.7 Å². The molecule has 8 nitrogen and oxygen atoms in total. The van der Waals surface area contributed by atoms with Gasteiger partial charge in [-0.05, 0) is 36.8 Å². The van der Waals surface area contributed by atoms with E-state index in [9.17, 15) is 14.7 Å². The molecule has 2 heterocycles. The number of nitrogens with two attached hydrogens (primary N) is 1. The van der Waals surface area contributed by atoms with Crippen LogP contribution in [0.25, 0.3) is 0 Å². The molecule has 2 aromatic rings. The number of nitrogens with zero attached hydrogens (tertiary/aromatic N) is 2. The summed E-state index contributed by atoms with van der Waals surface area (Å²) >= 11 is 0. The molecule has 3 amide bonds. The van der Waals surface area contributed by atoms with Crippen molar-refractivity contribution in [3.8, 4) is 0 Å². The number of rotatable bonds is 6. The lowest BCUT2D eigenvalue weighted by atomic mass is 10.1. The van der Waals surface area contributed by atoms with Crippen LogP contribution in [0.5, 0.6) is 0 Å². The second kappa shape index (κ2) is 8.70. The molecule has 0 bridgehead atoms. The van der Waals surface area contributed by atoms with Gasteiger partial charge in [0.2, 0.25) is 5.91 Å². The number of aliphatic hydroxyl groups is 1. The maximum Gasteiger partial charge on any atom is 0.321 e. The van der Waals surface area contributed by atoms with Crippen molar-refractivity contribution in [2.75, 3.05) is 31.6 Å². The summed E-state index contributed by atoms with van der Waals surface area (Å²) in [5, 5.41) is 12.2. The molecule has 0 saturated carbocycles. The zero-order chi connectivity index (χ0) is 19.2. The summed E-state index contributed by atoms with van der Waals surface area (Å²) in [6, 6.07) is 10.1. The van der Waals surface area contributed by atoms with E-state index in [1.54, 1.807) is 35.4 Å². The molecule has 0 radical (unpaired) electrons. The van der Waals surface area contributed by atoms with Gasteiger partial charge in [0, 0.05) is 43.5 Å². The van der Waals surface area contributed by atoms with Gasteiger partial charge in [0.05, 0.1) is 12.8 Å². The minimum absolute atomic E-state index is 0.0385. The van der Waals surface area contributed by atoms with Crippen LogP contribution in [0.4, 0.5) is 10.5 Å². The van der Waals surface area contributed by atoms with Gasteiger partial charge in [-0.25, -0.2) is 4.79 Å². The molecular weight excluding hydrogens is 348 g/mol. The largest absolute Gasteiger partial charge is 0.468 e. The minimum atomic E-state index is -0.541. The number of anilines is 1. The molecule has 1 saturated heterocycles. The monoisotopic (exact) mass is 372 g/mol. The fraction of sp³-hybridized carbons (Fsp3) is 0.368. The summed E-state index contributed by atoms with van der Waals surface area (Å²) in [4.78, 5) is 27.8. The van der Waals surface area contributed by atoms with Gasteiger partial charge in [0.25, 0.3) is 0 Å². The third-order valence-electron chi connectivity index (χ3n) is 4.69. The number of benzene rings is 1. The molecule has 0 spiro atoms. The highest BCUT2D eigenvalue weighted by molar-refractivity contribution is 5.95. The van der Waals surface area contributed by atoms with E-state index in [0.717, 1.165) is 5.76 Å². The summed E-state index contributed by atoms with van der Waals surface area (Å²) in [7, 11) is 0. The average molecular weight is 372 g/mol. The topological polar surface area (TPSA) is 112 Å². The number of aliphatic hydroxyl groups excluding tert-OH is 1. The number of primary amides is 1. The van der Waals surface area contributed by atoms with Crippen LogP contribution in [-0.4, -0.2) is 59.1 Å². The third kappa shape index (κ3) is 4.87. The standard InChI is InChI=1S/C19H24N4O4/c20-18(25)14-3-1-4-15(11-14)21-19(26)23-8-7-22(16(12-23)6-9-24)13-17-5-2-10-27-17/h1-5,10-11,16,24H,6-9,12-13H2,(H2,20,25)(H,21,26)/t16-/m0/s1. The van der Waals surface area contributed by atoms with Crippen molar-refractivity contribution in [1.82, 2.24) is 9.80 Å². The molecule has 1 aliphatic heterocycles. The lowest BCUT2D eigenvalue weighted by molar-refractivity contribution is 0.0669. The van der Waals surface area contributed by atoms with Gasteiger partial charge < -0.3 is 25.5 Å². The summed E-state index contributed by atoms with van der Waals surface area (Å²) < 4.78 is 5.41. The summed E-state index contributed by atoms with van der Waals surface area (Å²) in [5.41, 5.74) is 6.14. The maximum atomic E-state index is 12.6. The van der Waals surface area contributed by atoms with Crippen molar-refractivity contribution >= 4 is 17.6 Å². The molecule has 0 unspecified atom stereocenters. The number of hydrogen-bond acceptors (Lipinski definition) is 5. The van der Waals surface area contributed by atoms with Crippen molar-refractivity contribution in [2.24, 2.45) is 5.73 Å². The van der Waals surface area contributed by atoms with Gasteiger partial charge in [-0.2, -0.15) is 0 Å². The van der Waals surface area contributed by atoms with E-state index in [2.05, 4.69) is 10.2 Å². The van der Waals surface area contributed by atoms with E-state index >= 15 is 0 Å². The molecule has 27 heavy (non-hydrogen) atoms. The molecule has 4 N–H and O–H groups in total. The van der Waals surface area contributed by atoms with E-state index < -0.39 is 5.91 Å². The summed E-state index contributed by atoms with van der Waals surface area (Å²) in [5.74, 6) is 0.319. The SMILES string of the molecule is NC(=O)c1cccc(NC(=O)N2CCN(Cc3ccco3)[C@@H](CCO)C2)c1. The first-order chi connectivity index (χ1) is 13.1. The lowest BCUT2D eigenvalue weighted by Crippen LogP contribution is -2.55. The van der Waals surface area contributed by atoms with Gasteiger partial charge in [-0.15, -0.1) is 0 Å². The van der Waals surface area contributed by atoms with E-state index in [0.29, 0.717) is 43.9 Å². The molecule has 0 aliphatic carbocycles. The number of hydrogen-bond donors (Lipinski definition) is 3. The Balaban J connectivity index is 1.62. The molecule has 1 atom stereocenters. The summed E-state index contributed by atoms with van der Waals surface area (Å²) in [6.45, 7) is 2.44. The predicted octanol–water partition coefficient (Wildman–Crippen LogP) is 1.48. The van der Waals surface area contributed by atoms with Crippen molar-refractivity contribution in [2.45, 2.75) is 19.0 Å². The third-order valence-corrected chi connectivity index (χ3v) is 4.69. The van der Waals surface area contributed by atoms with Crippen molar-refractivity contribution < 1.29 is 19.1 Å². The smallest absolute Gasteiger partial charge is 0.321 e. The van der Waals surface area contributed by atoms with Crippen LogP contribution in [0.2, 0.25) is 0 Å². The number of carbonyl (C=O) groups is 2. The van der Waals surface area contributed by atoms with Gasteiger partial charge >= 0.3 is 6.03 Å². The Morgan fingerprint density at radius 2 is 2.11 bits per heavy atom. The highest BCUT2D eigenvalue weighted by Crippen LogP contribution is 2.18. The van der Waals surface area contributed by atoms with E-state index in [1.165, 1.54) is 0 Å². The fourth-order valence-electron chi connectivity index (χ4n) is 3.26.